The summed E-state index contributed by atoms with van der Waals surface area (Å²) in [5.74, 6) is 0.221. The molecular formula is C19H30N4O2. The van der Waals surface area contributed by atoms with Crippen molar-refractivity contribution in [3.8, 4) is 0 Å². The predicted molar refractivity (Wildman–Crippen MR) is 97.1 cm³/mol. The van der Waals surface area contributed by atoms with E-state index in [0.717, 1.165) is 31.6 Å². The van der Waals surface area contributed by atoms with E-state index >= 15 is 0 Å². The number of likely N-dealkylation sites (N-methyl/N-ethyl adjacent to an activating group) is 1. The number of likely N-dealkylation sites (tertiary alicyclic amines) is 1. The van der Waals surface area contributed by atoms with Gasteiger partial charge in [-0.15, -0.1) is 0 Å². The van der Waals surface area contributed by atoms with Crippen molar-refractivity contribution < 1.29 is 9.53 Å². The number of nitrogens with zero attached hydrogens (tertiary/aromatic N) is 3. The molecule has 2 fully saturated rings. The highest BCUT2D eigenvalue weighted by Gasteiger charge is 2.46. The Labute approximate surface area is 150 Å². The Morgan fingerprint density at radius 2 is 2.28 bits per heavy atom. The van der Waals surface area contributed by atoms with Crippen LogP contribution in [0.4, 0.5) is 0 Å². The molecule has 1 spiro atoms. The molecule has 6 heteroatoms. The first kappa shape index (κ1) is 18.3. The molecule has 0 aromatic carbocycles. The first-order valence-electron chi connectivity index (χ1n) is 9.21. The number of nitrogens with one attached hydrogen (secondary N) is 1. The summed E-state index contributed by atoms with van der Waals surface area (Å²) >= 11 is 0. The van der Waals surface area contributed by atoms with Crippen LogP contribution in [-0.4, -0.2) is 73.7 Å². The molecule has 0 aliphatic carbocycles. The van der Waals surface area contributed by atoms with E-state index in [4.69, 9.17) is 4.74 Å². The molecular weight excluding hydrogens is 316 g/mol. The van der Waals surface area contributed by atoms with E-state index in [0.29, 0.717) is 25.1 Å². The van der Waals surface area contributed by atoms with Gasteiger partial charge in [-0.1, -0.05) is 6.07 Å². The highest BCUT2D eigenvalue weighted by molar-refractivity contribution is 5.82. The molecule has 0 saturated carbocycles. The van der Waals surface area contributed by atoms with Crippen LogP contribution in [0.2, 0.25) is 0 Å². The Kier molecular flexibility index (Phi) is 6.04. The average molecular weight is 346 g/mol. The number of rotatable bonds is 6. The van der Waals surface area contributed by atoms with Crippen LogP contribution < -0.4 is 5.32 Å². The summed E-state index contributed by atoms with van der Waals surface area (Å²) in [5, 5.41) is 3.44. The maximum Gasteiger partial charge on any atom is 0.240 e. The molecule has 138 valence electrons. The van der Waals surface area contributed by atoms with E-state index < -0.39 is 0 Å². The molecule has 6 nitrogen and oxygen atoms in total. The van der Waals surface area contributed by atoms with Gasteiger partial charge in [-0.05, 0) is 56.4 Å². The smallest absolute Gasteiger partial charge is 0.240 e. The maximum atomic E-state index is 13.3. The summed E-state index contributed by atoms with van der Waals surface area (Å²) in [6, 6.07) is 3.92. The van der Waals surface area contributed by atoms with Crippen molar-refractivity contribution in [1.82, 2.24) is 20.1 Å². The fraction of sp³-hybridized carbons (Fsp3) is 0.684. The van der Waals surface area contributed by atoms with Crippen LogP contribution in [0.15, 0.2) is 24.5 Å². The number of amides is 1. The zero-order chi connectivity index (χ0) is 17.7. The first-order valence-corrected chi connectivity index (χ1v) is 9.21. The predicted octanol–water partition coefficient (Wildman–Crippen LogP) is 1.13. The van der Waals surface area contributed by atoms with E-state index in [-0.39, 0.29) is 11.9 Å². The van der Waals surface area contributed by atoms with Gasteiger partial charge in [0, 0.05) is 39.1 Å². The molecule has 1 aromatic rings. The van der Waals surface area contributed by atoms with Gasteiger partial charge in [0.15, 0.2) is 0 Å². The van der Waals surface area contributed by atoms with Crippen molar-refractivity contribution in [3.63, 3.8) is 0 Å². The van der Waals surface area contributed by atoms with Crippen LogP contribution in [-0.2, 0) is 16.1 Å². The molecule has 2 aliphatic heterocycles. The summed E-state index contributed by atoms with van der Waals surface area (Å²) in [5.41, 5.74) is 1.37. The lowest BCUT2D eigenvalue weighted by Gasteiger charge is -2.33. The zero-order valence-corrected chi connectivity index (χ0v) is 15.4. The van der Waals surface area contributed by atoms with E-state index in [1.807, 2.05) is 23.2 Å². The van der Waals surface area contributed by atoms with Crippen molar-refractivity contribution in [2.24, 2.45) is 5.41 Å². The Morgan fingerprint density at radius 1 is 1.48 bits per heavy atom. The second-order valence-corrected chi connectivity index (χ2v) is 7.50. The van der Waals surface area contributed by atoms with Gasteiger partial charge >= 0.3 is 0 Å². The van der Waals surface area contributed by atoms with Gasteiger partial charge in [0.05, 0.1) is 12.6 Å². The second kappa shape index (κ2) is 8.25. The summed E-state index contributed by atoms with van der Waals surface area (Å²) in [4.78, 5) is 21.6. The van der Waals surface area contributed by atoms with Crippen LogP contribution in [0.3, 0.4) is 0 Å². The lowest BCUT2D eigenvalue weighted by atomic mass is 9.77. The van der Waals surface area contributed by atoms with Crippen LogP contribution >= 0.6 is 0 Å². The van der Waals surface area contributed by atoms with Crippen LogP contribution in [0, 0.1) is 5.41 Å². The number of ether oxygens (including phenoxy) is 1. The Hall–Kier alpha value is -1.50. The van der Waals surface area contributed by atoms with Gasteiger partial charge in [0.1, 0.15) is 0 Å². The van der Waals surface area contributed by atoms with Gasteiger partial charge in [-0.2, -0.15) is 0 Å². The molecule has 1 aromatic heterocycles. The van der Waals surface area contributed by atoms with Crippen LogP contribution in [0.1, 0.15) is 24.8 Å². The number of pyridine rings is 1. The third-order valence-electron chi connectivity index (χ3n) is 5.67. The van der Waals surface area contributed by atoms with Gasteiger partial charge in [0.25, 0.3) is 0 Å². The number of carbonyl (C=O) groups is 1. The summed E-state index contributed by atoms with van der Waals surface area (Å²) < 4.78 is 5.23. The number of methoxy groups -OCH3 is 1. The Morgan fingerprint density at radius 3 is 2.96 bits per heavy atom. The van der Waals surface area contributed by atoms with E-state index in [9.17, 15) is 4.79 Å². The largest absolute Gasteiger partial charge is 0.383 e. The van der Waals surface area contributed by atoms with Gasteiger partial charge < -0.3 is 15.0 Å². The van der Waals surface area contributed by atoms with Crippen LogP contribution in [0.25, 0.3) is 0 Å². The number of hydrogen-bond acceptors (Lipinski definition) is 5. The molecule has 1 amide bonds. The fourth-order valence-corrected chi connectivity index (χ4v) is 4.26. The minimum atomic E-state index is -0.0216. The Balaban J connectivity index is 1.70. The summed E-state index contributed by atoms with van der Waals surface area (Å²) in [6.45, 7) is 4.92. The molecule has 0 radical (unpaired) electrons. The minimum absolute atomic E-state index is 0.0216. The fourth-order valence-electron chi connectivity index (χ4n) is 4.26. The van der Waals surface area contributed by atoms with Crippen molar-refractivity contribution in [2.75, 3.05) is 46.9 Å². The Bertz CT molecular complexity index is 560. The highest BCUT2D eigenvalue weighted by atomic mass is 16.5. The minimum Gasteiger partial charge on any atom is -0.383 e. The second-order valence-electron chi connectivity index (χ2n) is 7.50. The maximum absolute atomic E-state index is 13.3. The number of aromatic nitrogens is 1. The van der Waals surface area contributed by atoms with E-state index in [1.165, 1.54) is 12.8 Å². The molecule has 1 atom stereocenters. The monoisotopic (exact) mass is 346 g/mol. The van der Waals surface area contributed by atoms with Gasteiger partial charge in [-0.25, -0.2) is 0 Å². The van der Waals surface area contributed by atoms with Gasteiger partial charge in [-0.3, -0.25) is 14.7 Å². The molecule has 2 aliphatic rings. The average Bonchev–Trinajstić information content (AvgIpc) is 2.95. The third kappa shape index (κ3) is 4.37. The molecule has 1 N–H and O–H groups in total. The molecule has 0 bridgehead atoms. The standard InChI is InChI=1S/C19H30N4O2/c1-22-15-19(5-8-20-9-6-19)12-17(22)18(24)23(10-11-25-2)14-16-4-3-7-21-13-16/h3-4,7,13,17,20H,5-6,8-12,14-15H2,1-2H3/t17-/m0/s1. The lowest BCUT2D eigenvalue weighted by Crippen LogP contribution is -2.45. The van der Waals surface area contributed by atoms with Crippen molar-refractivity contribution in [3.05, 3.63) is 30.1 Å². The van der Waals surface area contributed by atoms with Crippen molar-refractivity contribution in [1.29, 1.82) is 0 Å². The zero-order valence-electron chi connectivity index (χ0n) is 15.4. The highest BCUT2D eigenvalue weighted by Crippen LogP contribution is 2.41. The van der Waals surface area contributed by atoms with Crippen molar-refractivity contribution in [2.45, 2.75) is 31.8 Å². The third-order valence-corrected chi connectivity index (χ3v) is 5.67. The normalized spacial score (nSPS) is 23.0. The number of carbonyl (C=O) groups excluding carboxylic acids is 1. The lowest BCUT2D eigenvalue weighted by molar-refractivity contribution is -0.137. The van der Waals surface area contributed by atoms with Crippen LogP contribution in [0.5, 0.6) is 0 Å². The van der Waals surface area contributed by atoms with Gasteiger partial charge in [0.2, 0.25) is 5.91 Å². The molecule has 2 saturated heterocycles. The van der Waals surface area contributed by atoms with E-state index in [1.54, 1.807) is 13.3 Å². The van der Waals surface area contributed by atoms with E-state index in [2.05, 4.69) is 22.2 Å². The first-order chi connectivity index (χ1) is 12.1. The van der Waals surface area contributed by atoms with Crippen molar-refractivity contribution >= 4 is 5.91 Å². The number of hydrogen-bond donors (Lipinski definition) is 1. The molecule has 3 heterocycles. The summed E-state index contributed by atoms with van der Waals surface area (Å²) in [6.07, 6.45) is 6.90. The quantitative estimate of drug-likeness (QED) is 0.837. The topological polar surface area (TPSA) is 57.7 Å². The molecule has 25 heavy (non-hydrogen) atoms. The molecule has 3 rings (SSSR count). The number of piperidine rings is 1. The molecule has 0 unspecified atom stereocenters. The SMILES string of the molecule is COCCN(Cc1cccnc1)C(=O)[C@@H]1CC2(CCNCC2)CN1C. The summed E-state index contributed by atoms with van der Waals surface area (Å²) in [7, 11) is 3.77.